The third-order valence-electron chi connectivity index (χ3n) is 10.7. The van der Waals surface area contributed by atoms with Gasteiger partial charge in [0, 0.05) is 17.8 Å². The zero-order chi connectivity index (χ0) is 36.4. The summed E-state index contributed by atoms with van der Waals surface area (Å²) < 4.78 is 0. The third-order valence-corrected chi connectivity index (χ3v) is 10.7. The Morgan fingerprint density at radius 2 is 0.863 bits per heavy atom. The Morgan fingerprint density at radius 1 is 0.510 bits per heavy atom. The highest BCUT2D eigenvalue weighted by Gasteiger charge is 2.48. The van der Waals surface area contributed by atoms with Crippen LogP contribution in [0.1, 0.15) is 84.6 Å². The molecule has 0 amide bonds. The molecular formula is C45H48O6. The first-order valence-electron chi connectivity index (χ1n) is 17.7. The zero-order valence-corrected chi connectivity index (χ0v) is 29.2. The normalized spacial score (nSPS) is 16.8. The van der Waals surface area contributed by atoms with Gasteiger partial charge >= 0.3 is 11.9 Å². The molecule has 5 aromatic rings. The van der Waals surface area contributed by atoms with Gasteiger partial charge in [-0.05, 0) is 59.9 Å². The smallest absolute Gasteiger partial charge is 0.314 e. The molecule has 0 radical (unpaired) electrons. The van der Waals surface area contributed by atoms with Crippen LogP contribution in [-0.4, -0.2) is 44.6 Å². The summed E-state index contributed by atoms with van der Waals surface area (Å²) in [6.45, 7) is 3.39. The van der Waals surface area contributed by atoms with Crippen molar-refractivity contribution in [3.05, 3.63) is 179 Å². The number of aliphatic hydroxyl groups is 2. The molecule has 264 valence electrons. The van der Waals surface area contributed by atoms with Gasteiger partial charge in [0.15, 0.2) is 0 Å². The minimum Gasteiger partial charge on any atom is -0.481 e. The van der Waals surface area contributed by atoms with E-state index in [0.717, 1.165) is 22.3 Å². The van der Waals surface area contributed by atoms with Crippen LogP contribution in [0.2, 0.25) is 0 Å². The summed E-state index contributed by atoms with van der Waals surface area (Å²) in [4.78, 5) is 26.4. The summed E-state index contributed by atoms with van der Waals surface area (Å²) >= 11 is 0. The molecule has 0 saturated carbocycles. The number of benzene rings is 5. The Morgan fingerprint density at radius 3 is 1.25 bits per heavy atom. The number of aliphatic hydroxyl groups excluding tert-OH is 2. The van der Waals surface area contributed by atoms with Gasteiger partial charge in [0.25, 0.3) is 0 Å². The molecule has 5 rings (SSSR count). The second kappa shape index (κ2) is 17.3. The summed E-state index contributed by atoms with van der Waals surface area (Å²) in [6, 6.07) is 47.3. The molecule has 0 bridgehead atoms. The number of aliphatic carboxylic acids is 2. The molecule has 8 atom stereocenters. The molecule has 6 heteroatoms. The highest BCUT2D eigenvalue weighted by Crippen LogP contribution is 2.48. The number of hydrogen-bond donors (Lipinski definition) is 4. The van der Waals surface area contributed by atoms with Crippen LogP contribution in [0.5, 0.6) is 0 Å². The summed E-state index contributed by atoms with van der Waals surface area (Å²) in [7, 11) is 0. The Labute approximate surface area is 301 Å². The molecular weight excluding hydrogens is 636 g/mol. The van der Waals surface area contributed by atoms with Gasteiger partial charge in [0.05, 0.1) is 23.5 Å². The molecule has 0 spiro atoms. The largest absolute Gasteiger partial charge is 0.481 e. The lowest BCUT2D eigenvalue weighted by Crippen LogP contribution is -2.43. The molecule has 0 aromatic heterocycles. The highest BCUT2D eigenvalue weighted by atomic mass is 16.4. The second-order valence-electron chi connectivity index (χ2n) is 13.8. The number of rotatable bonds is 17. The van der Waals surface area contributed by atoms with Gasteiger partial charge in [-0.1, -0.05) is 159 Å². The Kier molecular flexibility index (Phi) is 12.6. The van der Waals surface area contributed by atoms with E-state index in [0.29, 0.717) is 12.0 Å². The SMILES string of the molecule is CC(O)C(CC(CC(c1ccccc1)C(O)C(CC(c1ccccc1)C(C)C(=O)O)c1ccccc1)(C(=O)O)c1ccccc1)c1ccccc1. The van der Waals surface area contributed by atoms with Crippen LogP contribution < -0.4 is 0 Å². The molecule has 5 aromatic carbocycles. The van der Waals surface area contributed by atoms with Gasteiger partial charge in [-0.3, -0.25) is 9.59 Å². The predicted molar refractivity (Wildman–Crippen MR) is 201 cm³/mol. The first kappa shape index (κ1) is 37.2. The average Bonchev–Trinajstić information content (AvgIpc) is 3.16. The van der Waals surface area contributed by atoms with Crippen molar-refractivity contribution >= 4 is 11.9 Å². The summed E-state index contributed by atoms with van der Waals surface area (Å²) in [5, 5.41) is 45.6. The van der Waals surface area contributed by atoms with Crippen molar-refractivity contribution in [2.75, 3.05) is 0 Å². The zero-order valence-electron chi connectivity index (χ0n) is 29.2. The second-order valence-corrected chi connectivity index (χ2v) is 13.8. The summed E-state index contributed by atoms with van der Waals surface area (Å²) in [5.41, 5.74) is 2.39. The molecule has 0 fully saturated rings. The number of carbonyl (C=O) groups is 2. The molecule has 0 aliphatic heterocycles. The number of carboxylic acid groups (broad SMARTS) is 2. The van der Waals surface area contributed by atoms with Crippen molar-refractivity contribution < 1.29 is 30.0 Å². The summed E-state index contributed by atoms with van der Waals surface area (Å²) in [6.07, 6.45) is -1.52. The Hall–Kier alpha value is -5.04. The van der Waals surface area contributed by atoms with Crippen molar-refractivity contribution in [1.82, 2.24) is 0 Å². The van der Waals surface area contributed by atoms with Crippen molar-refractivity contribution in [3.8, 4) is 0 Å². The van der Waals surface area contributed by atoms with Gasteiger partial charge in [-0.15, -0.1) is 0 Å². The fourth-order valence-electron chi connectivity index (χ4n) is 7.76. The fourth-order valence-corrected chi connectivity index (χ4v) is 7.76. The maximum Gasteiger partial charge on any atom is 0.314 e. The van der Waals surface area contributed by atoms with Crippen LogP contribution in [0.3, 0.4) is 0 Å². The lowest BCUT2D eigenvalue weighted by Gasteiger charge is -2.41. The maximum atomic E-state index is 13.9. The van der Waals surface area contributed by atoms with E-state index in [4.69, 9.17) is 0 Å². The van der Waals surface area contributed by atoms with Crippen LogP contribution in [-0.2, 0) is 15.0 Å². The van der Waals surface area contributed by atoms with E-state index in [9.17, 15) is 30.0 Å². The first-order valence-corrected chi connectivity index (χ1v) is 17.7. The molecule has 0 saturated heterocycles. The topological polar surface area (TPSA) is 115 Å². The lowest BCUT2D eigenvalue weighted by molar-refractivity contribution is -0.146. The molecule has 0 aliphatic carbocycles. The Balaban J connectivity index is 1.68. The molecule has 0 heterocycles. The van der Waals surface area contributed by atoms with Crippen LogP contribution in [0.25, 0.3) is 0 Å². The maximum absolute atomic E-state index is 13.9. The van der Waals surface area contributed by atoms with E-state index in [-0.39, 0.29) is 12.8 Å². The number of hydrogen-bond acceptors (Lipinski definition) is 4. The van der Waals surface area contributed by atoms with Crippen LogP contribution in [0.4, 0.5) is 0 Å². The molecule has 51 heavy (non-hydrogen) atoms. The van der Waals surface area contributed by atoms with E-state index in [1.807, 2.05) is 152 Å². The fraction of sp³-hybridized carbons (Fsp3) is 0.289. The molecule has 4 N–H and O–H groups in total. The molecule has 0 aliphatic rings. The van der Waals surface area contributed by atoms with Gasteiger partial charge < -0.3 is 20.4 Å². The lowest BCUT2D eigenvalue weighted by atomic mass is 9.63. The van der Waals surface area contributed by atoms with Crippen molar-refractivity contribution in [2.24, 2.45) is 5.92 Å². The van der Waals surface area contributed by atoms with Gasteiger partial charge in [-0.2, -0.15) is 0 Å². The van der Waals surface area contributed by atoms with E-state index in [1.165, 1.54) is 0 Å². The number of carboxylic acids is 2. The minimum atomic E-state index is -1.52. The summed E-state index contributed by atoms with van der Waals surface area (Å²) in [5.74, 6) is -4.90. The Bertz CT molecular complexity index is 1800. The van der Waals surface area contributed by atoms with Gasteiger partial charge in [0.2, 0.25) is 0 Å². The quantitative estimate of drug-likeness (QED) is 0.0779. The average molecular weight is 685 g/mol. The van der Waals surface area contributed by atoms with Crippen molar-refractivity contribution in [2.45, 2.75) is 74.4 Å². The van der Waals surface area contributed by atoms with Gasteiger partial charge in [-0.25, -0.2) is 0 Å². The van der Waals surface area contributed by atoms with E-state index >= 15 is 0 Å². The third kappa shape index (κ3) is 8.83. The van der Waals surface area contributed by atoms with Crippen LogP contribution >= 0.6 is 0 Å². The van der Waals surface area contributed by atoms with E-state index in [1.54, 1.807) is 13.8 Å². The van der Waals surface area contributed by atoms with E-state index < -0.39 is 59.2 Å². The first-order chi connectivity index (χ1) is 24.6. The standard InChI is InChI=1S/C45H48O6/c1-31(43(48)49)38(33-18-8-3-9-19-33)28-39(34-20-10-4-11-21-34)42(47)41(36-24-14-6-15-25-36)30-45(44(50)51,37-26-16-7-17-27-37)29-40(32(2)46)35-22-12-5-13-23-35/h3-27,31-32,38-42,46-47H,28-30H2,1-2H3,(H,48,49)(H,50,51). The minimum absolute atomic E-state index is 0.0292. The molecule has 6 nitrogen and oxygen atoms in total. The van der Waals surface area contributed by atoms with Crippen molar-refractivity contribution in [1.29, 1.82) is 0 Å². The van der Waals surface area contributed by atoms with Gasteiger partial charge in [0.1, 0.15) is 0 Å². The van der Waals surface area contributed by atoms with E-state index in [2.05, 4.69) is 0 Å². The van der Waals surface area contributed by atoms with Crippen LogP contribution in [0.15, 0.2) is 152 Å². The van der Waals surface area contributed by atoms with Crippen molar-refractivity contribution in [3.63, 3.8) is 0 Å². The monoisotopic (exact) mass is 684 g/mol. The molecule has 8 unspecified atom stereocenters. The predicted octanol–water partition coefficient (Wildman–Crippen LogP) is 8.78. The highest BCUT2D eigenvalue weighted by molar-refractivity contribution is 5.82. The van der Waals surface area contributed by atoms with Crippen LogP contribution in [0, 0.1) is 5.92 Å².